The van der Waals surface area contributed by atoms with E-state index in [4.69, 9.17) is 16.1 Å². The van der Waals surface area contributed by atoms with E-state index in [9.17, 15) is 9.90 Å². The van der Waals surface area contributed by atoms with Crippen LogP contribution in [0.5, 0.6) is 0 Å². The second-order valence-electron chi connectivity index (χ2n) is 7.65. The third-order valence-electron chi connectivity index (χ3n) is 5.21. The first-order valence-corrected chi connectivity index (χ1v) is 11.7. The van der Waals surface area contributed by atoms with Crippen LogP contribution in [0.1, 0.15) is 69.0 Å². The van der Waals surface area contributed by atoms with Crippen molar-refractivity contribution < 1.29 is 14.4 Å². The van der Waals surface area contributed by atoms with E-state index < -0.39 is 0 Å². The van der Waals surface area contributed by atoms with Crippen molar-refractivity contribution in [3.8, 4) is 11.8 Å². The Hall–Kier alpha value is -3.04. The van der Waals surface area contributed by atoms with Crippen molar-refractivity contribution in [2.24, 2.45) is 5.92 Å². The number of aliphatic hydroxyl groups excluding tert-OH is 1. The third-order valence-corrected chi connectivity index (χ3v) is 5.66. The van der Waals surface area contributed by atoms with E-state index in [1.165, 1.54) is 0 Å². The Morgan fingerprint density at radius 2 is 1.97 bits per heavy atom. The molecule has 0 spiro atoms. The molecule has 7 heteroatoms. The quantitative estimate of drug-likeness (QED) is 0.260. The van der Waals surface area contributed by atoms with Crippen LogP contribution in [0.15, 0.2) is 57.3 Å². The van der Waals surface area contributed by atoms with Crippen LogP contribution < -0.4 is 0 Å². The minimum Gasteiger partial charge on any atom is -0.506 e. The van der Waals surface area contributed by atoms with Gasteiger partial charge in [-0.05, 0) is 29.9 Å². The molecule has 1 N–H and O–H groups in total. The number of allylic oxidation sites excluding steroid dienone is 3. The zero-order valence-corrected chi connectivity index (χ0v) is 20.5. The Morgan fingerprint density at radius 3 is 2.61 bits per heavy atom. The van der Waals surface area contributed by atoms with Gasteiger partial charge in [0.15, 0.2) is 5.82 Å². The fourth-order valence-corrected chi connectivity index (χ4v) is 3.22. The molecule has 33 heavy (non-hydrogen) atoms. The molecule has 0 saturated carbocycles. The average Bonchev–Trinajstić information content (AvgIpc) is 3.32. The Bertz CT molecular complexity index is 1030. The van der Waals surface area contributed by atoms with Crippen LogP contribution in [0.2, 0.25) is 0 Å². The van der Waals surface area contributed by atoms with E-state index >= 15 is 0 Å². The topological polar surface area (TPSA) is 79.5 Å². The monoisotopic (exact) mass is 469 g/mol. The molecule has 176 valence electrons. The predicted molar refractivity (Wildman–Crippen MR) is 131 cm³/mol. The van der Waals surface area contributed by atoms with E-state index in [0.717, 1.165) is 17.6 Å². The van der Waals surface area contributed by atoms with Gasteiger partial charge in [0.2, 0.25) is 0 Å². The molecular formula is C26H32ClN3O3. The van der Waals surface area contributed by atoms with Crippen molar-refractivity contribution in [2.75, 3.05) is 6.54 Å². The molecule has 1 unspecified atom stereocenters. The molecule has 0 saturated heterocycles. The Labute approximate surface area is 201 Å². The molecule has 0 aliphatic carbocycles. The number of hydrogen-bond donors (Lipinski definition) is 1. The molecule has 0 radical (unpaired) electrons. The average molecular weight is 470 g/mol. The maximum Gasteiger partial charge on any atom is 0.316 e. The lowest BCUT2D eigenvalue weighted by Crippen LogP contribution is -2.31. The highest BCUT2D eigenvalue weighted by Crippen LogP contribution is 2.26. The largest absolute Gasteiger partial charge is 0.506 e. The number of nitrogens with zero attached hydrogens (tertiary/aromatic N) is 3. The van der Waals surface area contributed by atoms with Gasteiger partial charge in [-0.2, -0.15) is 4.98 Å². The minimum atomic E-state index is -0.370. The molecule has 0 aliphatic heterocycles. The van der Waals surface area contributed by atoms with E-state index in [1.807, 2.05) is 64.1 Å². The number of rotatable bonds is 10. The van der Waals surface area contributed by atoms with Gasteiger partial charge in [0, 0.05) is 19.4 Å². The van der Waals surface area contributed by atoms with E-state index in [2.05, 4.69) is 22.0 Å². The van der Waals surface area contributed by atoms with Gasteiger partial charge in [-0.25, -0.2) is 0 Å². The third kappa shape index (κ3) is 7.80. The van der Waals surface area contributed by atoms with Crippen molar-refractivity contribution in [1.82, 2.24) is 15.0 Å². The summed E-state index contributed by atoms with van der Waals surface area (Å²) < 4.78 is 5.27. The van der Waals surface area contributed by atoms with Gasteiger partial charge in [0.25, 0.3) is 0 Å². The zero-order valence-electron chi connectivity index (χ0n) is 19.8. The van der Waals surface area contributed by atoms with Gasteiger partial charge in [-0.1, -0.05) is 86.8 Å². The molecule has 1 aromatic heterocycles. The van der Waals surface area contributed by atoms with Crippen LogP contribution in [-0.4, -0.2) is 32.6 Å². The fourth-order valence-electron chi connectivity index (χ4n) is 3.12. The molecule has 0 aliphatic rings. The molecule has 1 amide bonds. The van der Waals surface area contributed by atoms with Crippen molar-refractivity contribution in [2.45, 2.75) is 59.9 Å². The summed E-state index contributed by atoms with van der Waals surface area (Å²) in [4.78, 5) is 18.9. The van der Waals surface area contributed by atoms with Crippen LogP contribution in [-0.2, 0) is 13.0 Å². The molecule has 6 nitrogen and oxygen atoms in total. The molecule has 1 atom stereocenters. The highest BCUT2D eigenvalue weighted by Gasteiger charge is 2.22. The zero-order chi connectivity index (χ0) is 24.2. The summed E-state index contributed by atoms with van der Waals surface area (Å²) in [6.07, 6.45) is 4.25. The number of aliphatic hydroxyl groups is 1. The Balaban J connectivity index is 2.22. The number of aromatic nitrogens is 2. The molecule has 2 aromatic rings. The first-order chi connectivity index (χ1) is 15.9. The summed E-state index contributed by atoms with van der Waals surface area (Å²) >= 11 is 6.17. The van der Waals surface area contributed by atoms with Crippen molar-refractivity contribution in [3.05, 3.63) is 70.1 Å². The van der Waals surface area contributed by atoms with Gasteiger partial charge >= 0.3 is 11.8 Å². The number of halogens is 1. The lowest BCUT2D eigenvalue weighted by molar-refractivity contribution is 0.0715. The normalized spacial score (nSPS) is 13.1. The van der Waals surface area contributed by atoms with Gasteiger partial charge in [-0.3, -0.25) is 4.79 Å². The highest BCUT2D eigenvalue weighted by atomic mass is 35.5. The van der Waals surface area contributed by atoms with E-state index in [0.29, 0.717) is 36.7 Å². The van der Waals surface area contributed by atoms with Crippen LogP contribution in [0.4, 0.5) is 0 Å². The van der Waals surface area contributed by atoms with Gasteiger partial charge in [0.05, 0.1) is 11.6 Å². The number of amides is 1. The highest BCUT2D eigenvalue weighted by molar-refractivity contribution is 6.30. The summed E-state index contributed by atoms with van der Waals surface area (Å²) in [6.45, 7) is 8.57. The molecule has 1 heterocycles. The summed E-state index contributed by atoms with van der Waals surface area (Å²) in [5.41, 5.74) is 1.72. The van der Waals surface area contributed by atoms with Gasteiger partial charge in [-0.15, -0.1) is 5.92 Å². The Kier molecular flexibility index (Phi) is 10.7. The minimum absolute atomic E-state index is 0.0796. The molecular weight excluding hydrogens is 438 g/mol. The van der Waals surface area contributed by atoms with Crippen molar-refractivity contribution in [3.63, 3.8) is 0 Å². The maximum atomic E-state index is 13.1. The van der Waals surface area contributed by atoms with Crippen LogP contribution >= 0.6 is 11.6 Å². The maximum absolute atomic E-state index is 13.1. The van der Waals surface area contributed by atoms with Crippen LogP contribution in [0, 0.1) is 17.8 Å². The number of hydrogen-bond acceptors (Lipinski definition) is 5. The first-order valence-electron chi connectivity index (χ1n) is 11.3. The van der Waals surface area contributed by atoms with E-state index in [1.54, 1.807) is 4.90 Å². The molecule has 0 fully saturated rings. The standard InChI is InChI=1S/C26H32ClN3O3/c1-5-8-12-17-30(18-20-13-10-9-11-14-20)26(32)25-28-23(29-33-25)16-15-21(19(4)6-2)24(31)22(27)7-3/h9-11,13-15,19,31H,5-7,16-18H2,1-4H3/b21-15-,24-22-. The fraction of sp³-hybridized carbons (Fsp3) is 0.423. The summed E-state index contributed by atoms with van der Waals surface area (Å²) in [6, 6.07) is 9.69. The Morgan fingerprint density at radius 1 is 1.24 bits per heavy atom. The summed E-state index contributed by atoms with van der Waals surface area (Å²) in [5.74, 6) is 6.12. The lowest BCUT2D eigenvalue weighted by atomic mass is 9.95. The lowest BCUT2D eigenvalue weighted by Gasteiger charge is -2.18. The summed E-state index contributed by atoms with van der Waals surface area (Å²) in [7, 11) is 0. The van der Waals surface area contributed by atoms with Crippen molar-refractivity contribution in [1.29, 1.82) is 0 Å². The van der Waals surface area contributed by atoms with Crippen LogP contribution in [0.25, 0.3) is 0 Å². The number of benzene rings is 1. The molecule has 2 rings (SSSR count). The van der Waals surface area contributed by atoms with Gasteiger partial charge < -0.3 is 14.5 Å². The first kappa shape index (κ1) is 26.2. The smallest absolute Gasteiger partial charge is 0.316 e. The van der Waals surface area contributed by atoms with Gasteiger partial charge in [0.1, 0.15) is 5.76 Å². The SMILES string of the molecule is CCC#CCN(Cc1ccccc1)C(=O)c1nc(C/C=C(\C(O)=C(\Cl)CC)C(C)CC)no1. The molecule has 1 aromatic carbocycles. The van der Waals surface area contributed by atoms with E-state index in [-0.39, 0.29) is 30.0 Å². The second-order valence-corrected chi connectivity index (χ2v) is 8.11. The number of carbonyl (C=O) groups is 1. The predicted octanol–water partition coefficient (Wildman–Crippen LogP) is 6.06. The molecule has 0 bridgehead atoms. The van der Waals surface area contributed by atoms with Crippen LogP contribution in [0.3, 0.4) is 0 Å². The summed E-state index contributed by atoms with van der Waals surface area (Å²) in [5, 5.41) is 14.9. The second kappa shape index (κ2) is 13.5. The number of carbonyl (C=O) groups excluding carboxylic acids is 1. The van der Waals surface area contributed by atoms with Crippen molar-refractivity contribution >= 4 is 17.5 Å².